The van der Waals surface area contributed by atoms with Gasteiger partial charge in [0.25, 0.3) is 0 Å². The highest BCUT2D eigenvalue weighted by Crippen LogP contribution is 2.28. The Bertz CT molecular complexity index is 296. The van der Waals surface area contributed by atoms with Gasteiger partial charge in [-0.15, -0.1) is 0 Å². The molecule has 0 aromatic rings. The van der Waals surface area contributed by atoms with E-state index in [-0.39, 0.29) is 0 Å². The van der Waals surface area contributed by atoms with Gasteiger partial charge in [0.05, 0.1) is 0 Å². The number of carbonyl (C=O) groups is 2. The fourth-order valence-corrected chi connectivity index (χ4v) is 1.59. The lowest BCUT2D eigenvalue weighted by Crippen LogP contribution is -2.19. The van der Waals surface area contributed by atoms with Crippen LogP contribution in [0, 0.1) is 11.8 Å². The zero-order valence-corrected chi connectivity index (χ0v) is 9.13. The third-order valence-corrected chi connectivity index (χ3v) is 2.39. The molecule has 0 spiro atoms. The van der Waals surface area contributed by atoms with E-state index in [1.165, 1.54) is 12.2 Å². The van der Waals surface area contributed by atoms with Crippen LogP contribution >= 0.6 is 0 Å². The van der Waals surface area contributed by atoms with Gasteiger partial charge < -0.3 is 0 Å². The summed E-state index contributed by atoms with van der Waals surface area (Å²) in [6.45, 7) is 8.13. The highest BCUT2D eigenvalue weighted by molar-refractivity contribution is 6.46. The second-order valence-electron chi connectivity index (χ2n) is 4.24. The van der Waals surface area contributed by atoms with Gasteiger partial charge in [0.15, 0.2) is 0 Å². The van der Waals surface area contributed by atoms with E-state index in [1.807, 2.05) is 27.7 Å². The first-order valence-electron chi connectivity index (χ1n) is 4.95. The third kappa shape index (κ3) is 2.00. The maximum atomic E-state index is 11.2. The molecule has 76 valence electrons. The van der Waals surface area contributed by atoms with Crippen LogP contribution in [0.15, 0.2) is 23.3 Å². The molecule has 1 aliphatic carbocycles. The smallest absolute Gasteiger partial charge is 0.226 e. The van der Waals surface area contributed by atoms with E-state index in [9.17, 15) is 9.59 Å². The summed E-state index contributed by atoms with van der Waals surface area (Å²) in [5.41, 5.74) is 2.01. The molecule has 0 N–H and O–H groups in total. The molecule has 2 nitrogen and oxygen atoms in total. The lowest BCUT2D eigenvalue weighted by atomic mass is 9.83. The van der Waals surface area contributed by atoms with Crippen molar-refractivity contribution in [2.45, 2.75) is 27.7 Å². The second kappa shape index (κ2) is 3.91. The van der Waals surface area contributed by atoms with Crippen molar-refractivity contribution in [3.05, 3.63) is 23.3 Å². The fraction of sp³-hybridized carbons (Fsp3) is 0.500. The molecule has 0 aromatic heterocycles. The molecule has 0 aliphatic heterocycles. The zero-order chi connectivity index (χ0) is 10.9. The van der Waals surface area contributed by atoms with Crippen LogP contribution in [-0.4, -0.2) is 11.6 Å². The molecule has 0 fully saturated rings. The van der Waals surface area contributed by atoms with E-state index in [0.29, 0.717) is 11.8 Å². The van der Waals surface area contributed by atoms with Crippen LogP contribution in [0.5, 0.6) is 0 Å². The van der Waals surface area contributed by atoms with E-state index < -0.39 is 11.6 Å². The number of rotatable bonds is 2. The lowest BCUT2D eigenvalue weighted by Gasteiger charge is -2.21. The monoisotopic (exact) mass is 192 g/mol. The highest BCUT2D eigenvalue weighted by Gasteiger charge is 2.23. The summed E-state index contributed by atoms with van der Waals surface area (Å²) in [5, 5.41) is 0. The highest BCUT2D eigenvalue weighted by atomic mass is 16.2. The van der Waals surface area contributed by atoms with Crippen LogP contribution in [0.4, 0.5) is 0 Å². The molecule has 14 heavy (non-hydrogen) atoms. The van der Waals surface area contributed by atoms with Crippen LogP contribution in [0.2, 0.25) is 0 Å². The quantitative estimate of drug-likeness (QED) is 0.497. The van der Waals surface area contributed by atoms with Gasteiger partial charge in [-0.1, -0.05) is 27.7 Å². The molecule has 0 radical (unpaired) electrons. The molecule has 1 aliphatic rings. The Morgan fingerprint density at radius 2 is 1.07 bits per heavy atom. The fourth-order valence-electron chi connectivity index (χ4n) is 1.59. The molecule has 0 saturated carbocycles. The summed E-state index contributed by atoms with van der Waals surface area (Å²) in [6.07, 6.45) is 2.98. The minimum atomic E-state index is -0.391. The van der Waals surface area contributed by atoms with Crippen molar-refractivity contribution < 1.29 is 9.59 Å². The third-order valence-electron chi connectivity index (χ3n) is 2.39. The molecule has 0 aromatic carbocycles. The van der Waals surface area contributed by atoms with E-state index in [1.54, 1.807) is 0 Å². The molecule has 0 atom stereocenters. The Morgan fingerprint density at radius 1 is 0.786 bits per heavy atom. The Hall–Kier alpha value is -1.18. The molecule has 0 heterocycles. The van der Waals surface area contributed by atoms with E-state index in [4.69, 9.17) is 0 Å². The van der Waals surface area contributed by atoms with Crippen LogP contribution in [0.1, 0.15) is 27.7 Å². The summed E-state index contributed by atoms with van der Waals surface area (Å²) in [6, 6.07) is 0. The molecule has 0 saturated heterocycles. The van der Waals surface area contributed by atoms with Gasteiger partial charge in [-0.05, 0) is 35.1 Å². The van der Waals surface area contributed by atoms with E-state index in [0.717, 1.165) is 11.1 Å². The van der Waals surface area contributed by atoms with Crippen molar-refractivity contribution >= 4 is 11.6 Å². The maximum Gasteiger partial charge on any atom is 0.226 e. The maximum absolute atomic E-state index is 11.2. The van der Waals surface area contributed by atoms with Crippen LogP contribution < -0.4 is 0 Å². The van der Waals surface area contributed by atoms with Crippen LogP contribution in [0.3, 0.4) is 0 Å². The average Bonchev–Trinajstić information content (AvgIpc) is 2.08. The largest absolute Gasteiger partial charge is 0.286 e. The number of hydrogen-bond acceptors (Lipinski definition) is 2. The minimum Gasteiger partial charge on any atom is -0.286 e. The van der Waals surface area contributed by atoms with Crippen molar-refractivity contribution in [3.63, 3.8) is 0 Å². The number of allylic oxidation sites excluding steroid dienone is 4. The number of hydrogen-bond donors (Lipinski definition) is 0. The standard InChI is InChI=1S/C12H16O2/c1-7(2)9-5-11(13)12(14)6-10(9)8(3)4/h5-8H,1-4H3. The number of ketones is 2. The molecular weight excluding hydrogens is 176 g/mol. The minimum absolute atomic E-state index is 0.292. The summed E-state index contributed by atoms with van der Waals surface area (Å²) in [4.78, 5) is 22.4. The second-order valence-corrected chi connectivity index (χ2v) is 4.24. The molecule has 2 heteroatoms. The SMILES string of the molecule is CC(C)C1=CC(=O)C(=O)C=C1C(C)C. The average molecular weight is 192 g/mol. The summed E-state index contributed by atoms with van der Waals surface area (Å²) in [5.74, 6) is -0.197. The lowest BCUT2D eigenvalue weighted by molar-refractivity contribution is -0.131. The van der Waals surface area contributed by atoms with Gasteiger partial charge in [-0.2, -0.15) is 0 Å². The summed E-state index contributed by atoms with van der Waals surface area (Å²) in [7, 11) is 0. The van der Waals surface area contributed by atoms with Crippen LogP contribution in [0.25, 0.3) is 0 Å². The number of carbonyl (C=O) groups excluding carboxylic acids is 2. The molecular formula is C12H16O2. The van der Waals surface area contributed by atoms with Crippen LogP contribution in [-0.2, 0) is 9.59 Å². The van der Waals surface area contributed by atoms with Crippen molar-refractivity contribution in [1.29, 1.82) is 0 Å². The Balaban J connectivity index is 3.13. The van der Waals surface area contributed by atoms with Gasteiger partial charge in [0, 0.05) is 0 Å². The van der Waals surface area contributed by atoms with E-state index in [2.05, 4.69) is 0 Å². The Labute approximate surface area is 84.7 Å². The first-order chi connectivity index (χ1) is 6.43. The van der Waals surface area contributed by atoms with Crippen molar-refractivity contribution in [2.75, 3.05) is 0 Å². The molecule has 0 amide bonds. The topological polar surface area (TPSA) is 34.1 Å². The zero-order valence-electron chi connectivity index (χ0n) is 9.13. The van der Waals surface area contributed by atoms with Gasteiger partial charge >= 0.3 is 0 Å². The Kier molecular flexibility index (Phi) is 3.04. The summed E-state index contributed by atoms with van der Waals surface area (Å²) < 4.78 is 0. The predicted octanol–water partition coefficient (Wildman–Crippen LogP) is 2.30. The molecule has 0 bridgehead atoms. The normalized spacial score (nSPS) is 17.6. The summed E-state index contributed by atoms with van der Waals surface area (Å²) >= 11 is 0. The van der Waals surface area contributed by atoms with Crippen molar-refractivity contribution in [3.8, 4) is 0 Å². The first-order valence-corrected chi connectivity index (χ1v) is 4.95. The Morgan fingerprint density at radius 3 is 1.29 bits per heavy atom. The molecule has 0 unspecified atom stereocenters. The van der Waals surface area contributed by atoms with Gasteiger partial charge in [-0.25, -0.2) is 0 Å². The predicted molar refractivity (Wildman–Crippen MR) is 55.9 cm³/mol. The van der Waals surface area contributed by atoms with E-state index >= 15 is 0 Å². The molecule has 1 rings (SSSR count). The van der Waals surface area contributed by atoms with Crippen molar-refractivity contribution in [2.24, 2.45) is 11.8 Å². The van der Waals surface area contributed by atoms with Crippen molar-refractivity contribution in [1.82, 2.24) is 0 Å². The van der Waals surface area contributed by atoms with Gasteiger partial charge in [0.1, 0.15) is 0 Å². The van der Waals surface area contributed by atoms with Gasteiger partial charge in [-0.3, -0.25) is 9.59 Å². The first kappa shape index (κ1) is 10.9. The van der Waals surface area contributed by atoms with Gasteiger partial charge in [0.2, 0.25) is 11.6 Å².